The van der Waals surface area contributed by atoms with Crippen LogP contribution >= 0.6 is 27.5 Å². The van der Waals surface area contributed by atoms with E-state index in [1.54, 1.807) is 24.3 Å². The van der Waals surface area contributed by atoms with E-state index in [1.807, 2.05) is 0 Å². The number of rotatable bonds is 2. The fraction of sp³-hybridized carbons (Fsp3) is 0.118. The van der Waals surface area contributed by atoms with Crippen molar-refractivity contribution in [2.45, 2.75) is 11.9 Å². The molecule has 0 fully saturated rings. The molecule has 0 radical (unpaired) electrons. The van der Waals surface area contributed by atoms with Crippen molar-refractivity contribution in [3.05, 3.63) is 75.2 Å². The average Bonchev–Trinajstić information content (AvgIpc) is 2.94. The molecule has 0 bridgehead atoms. The summed E-state index contributed by atoms with van der Waals surface area (Å²) in [6.07, 6.45) is -4.55. The molecule has 1 aliphatic heterocycles. The number of benzene rings is 2. The number of nitrogens with one attached hydrogen (secondary N) is 1. The van der Waals surface area contributed by atoms with Crippen LogP contribution < -0.4 is 5.43 Å². The van der Waals surface area contributed by atoms with Crippen LogP contribution in [-0.4, -0.2) is 27.9 Å². The maximum Gasteiger partial charge on any atom is 0.442 e. The number of aliphatic hydroxyl groups is 1. The van der Waals surface area contributed by atoms with E-state index in [2.05, 4.69) is 21.4 Å². The van der Waals surface area contributed by atoms with Gasteiger partial charge in [-0.25, -0.2) is 5.01 Å². The van der Waals surface area contributed by atoms with Crippen molar-refractivity contribution in [1.82, 2.24) is 10.4 Å². The van der Waals surface area contributed by atoms with Gasteiger partial charge in [-0.05, 0) is 35.9 Å². The van der Waals surface area contributed by atoms with Crippen molar-refractivity contribution in [2.24, 2.45) is 0 Å². The van der Waals surface area contributed by atoms with E-state index >= 15 is 0 Å². The lowest BCUT2D eigenvalue weighted by Crippen LogP contribution is -2.60. The molecule has 26 heavy (non-hydrogen) atoms. The molecule has 0 spiro atoms. The summed E-state index contributed by atoms with van der Waals surface area (Å²) in [5.41, 5.74) is -0.922. The summed E-state index contributed by atoms with van der Waals surface area (Å²) >= 11 is 9.04. The SMILES string of the molecule is O=C(c1cccc(Cl)c1)N1NC(c2ccc(Br)cc2)=C[C@@]1(O)C(F)(F)F. The van der Waals surface area contributed by atoms with Gasteiger partial charge in [-0.1, -0.05) is 45.7 Å². The molecule has 9 heteroatoms. The third kappa shape index (κ3) is 3.32. The zero-order chi connectivity index (χ0) is 19.1. The monoisotopic (exact) mass is 446 g/mol. The van der Waals surface area contributed by atoms with Crippen LogP contribution in [0.15, 0.2) is 59.1 Å². The quantitative estimate of drug-likeness (QED) is 0.719. The summed E-state index contributed by atoms with van der Waals surface area (Å²) in [6, 6.07) is 11.8. The first-order valence-electron chi connectivity index (χ1n) is 7.26. The van der Waals surface area contributed by atoms with Crippen LogP contribution in [0.1, 0.15) is 15.9 Å². The molecule has 2 aromatic rings. The average molecular weight is 448 g/mol. The second-order valence-corrected chi connectivity index (χ2v) is 6.90. The number of carbonyl (C=O) groups is 1. The molecule has 1 atom stereocenters. The number of alkyl halides is 3. The number of nitrogens with zero attached hydrogens (tertiary/aromatic N) is 1. The fourth-order valence-corrected chi connectivity index (χ4v) is 2.90. The highest BCUT2D eigenvalue weighted by Gasteiger charge is 2.61. The van der Waals surface area contributed by atoms with Gasteiger partial charge in [0, 0.05) is 21.1 Å². The zero-order valence-electron chi connectivity index (χ0n) is 12.9. The van der Waals surface area contributed by atoms with Crippen molar-refractivity contribution in [3.8, 4) is 0 Å². The van der Waals surface area contributed by atoms with Crippen molar-refractivity contribution >= 4 is 39.1 Å². The molecule has 0 aliphatic carbocycles. The third-order valence-corrected chi connectivity index (χ3v) is 4.53. The fourth-order valence-electron chi connectivity index (χ4n) is 2.45. The second kappa shape index (κ2) is 6.61. The molecule has 0 saturated carbocycles. The second-order valence-electron chi connectivity index (χ2n) is 5.55. The van der Waals surface area contributed by atoms with Gasteiger partial charge in [0.2, 0.25) is 0 Å². The van der Waals surface area contributed by atoms with Gasteiger partial charge in [0.1, 0.15) is 0 Å². The highest BCUT2D eigenvalue weighted by atomic mass is 79.9. The summed E-state index contributed by atoms with van der Waals surface area (Å²) in [4.78, 5) is 12.6. The minimum atomic E-state index is -5.12. The van der Waals surface area contributed by atoms with Gasteiger partial charge in [-0.15, -0.1) is 0 Å². The predicted molar refractivity (Wildman–Crippen MR) is 93.9 cm³/mol. The van der Waals surface area contributed by atoms with Crippen LogP contribution in [-0.2, 0) is 0 Å². The van der Waals surface area contributed by atoms with Gasteiger partial charge in [0.25, 0.3) is 11.6 Å². The molecule has 0 saturated heterocycles. The Bertz CT molecular complexity index is 886. The maximum absolute atomic E-state index is 13.5. The lowest BCUT2D eigenvalue weighted by atomic mass is 10.1. The van der Waals surface area contributed by atoms with Crippen LogP contribution in [0.5, 0.6) is 0 Å². The van der Waals surface area contributed by atoms with Crippen molar-refractivity contribution < 1.29 is 23.1 Å². The normalized spacial score (nSPS) is 19.9. The van der Waals surface area contributed by atoms with Gasteiger partial charge in [-0.2, -0.15) is 13.2 Å². The lowest BCUT2D eigenvalue weighted by Gasteiger charge is -2.33. The number of carbonyl (C=O) groups excluding carboxylic acids is 1. The molecule has 2 aromatic carbocycles. The molecular formula is C17H11BrClF3N2O2. The Morgan fingerprint density at radius 3 is 2.42 bits per heavy atom. The summed E-state index contributed by atoms with van der Waals surface area (Å²) < 4.78 is 41.4. The molecule has 1 aliphatic rings. The molecule has 0 aromatic heterocycles. The van der Waals surface area contributed by atoms with E-state index in [-0.39, 0.29) is 21.3 Å². The highest BCUT2D eigenvalue weighted by molar-refractivity contribution is 9.10. The summed E-state index contributed by atoms with van der Waals surface area (Å²) in [7, 11) is 0. The van der Waals surface area contributed by atoms with E-state index < -0.39 is 17.8 Å². The Kier molecular flexibility index (Phi) is 4.76. The van der Waals surface area contributed by atoms with Crippen LogP contribution in [0.4, 0.5) is 13.2 Å². The first-order valence-corrected chi connectivity index (χ1v) is 8.43. The van der Waals surface area contributed by atoms with E-state index in [4.69, 9.17) is 11.6 Å². The van der Waals surface area contributed by atoms with Crippen LogP contribution in [0.2, 0.25) is 5.02 Å². The minimum absolute atomic E-state index is 0.0484. The van der Waals surface area contributed by atoms with Crippen molar-refractivity contribution in [2.75, 3.05) is 0 Å². The number of amides is 1. The maximum atomic E-state index is 13.5. The molecule has 3 rings (SSSR count). The van der Waals surface area contributed by atoms with Gasteiger partial charge >= 0.3 is 6.18 Å². The van der Waals surface area contributed by atoms with Gasteiger partial charge in [0.15, 0.2) is 0 Å². The smallest absolute Gasteiger partial charge is 0.359 e. The molecule has 2 N–H and O–H groups in total. The lowest BCUT2D eigenvalue weighted by molar-refractivity contribution is -0.283. The minimum Gasteiger partial charge on any atom is -0.359 e. The molecule has 4 nitrogen and oxygen atoms in total. The zero-order valence-corrected chi connectivity index (χ0v) is 15.2. The van der Waals surface area contributed by atoms with Crippen molar-refractivity contribution in [1.29, 1.82) is 0 Å². The van der Waals surface area contributed by atoms with Gasteiger partial charge in [-0.3, -0.25) is 10.2 Å². The number of halogens is 5. The van der Waals surface area contributed by atoms with Crippen LogP contribution in [0.3, 0.4) is 0 Å². The van der Waals surface area contributed by atoms with E-state index in [1.165, 1.54) is 24.3 Å². The molecule has 0 unspecified atom stereocenters. The van der Waals surface area contributed by atoms with Crippen LogP contribution in [0, 0.1) is 0 Å². The molecular weight excluding hydrogens is 437 g/mol. The Hall–Kier alpha value is -2.03. The first kappa shape index (κ1) is 18.8. The first-order chi connectivity index (χ1) is 12.1. The van der Waals surface area contributed by atoms with Crippen molar-refractivity contribution in [3.63, 3.8) is 0 Å². The Morgan fingerprint density at radius 2 is 1.85 bits per heavy atom. The molecule has 1 heterocycles. The van der Waals surface area contributed by atoms with E-state index in [9.17, 15) is 23.1 Å². The Balaban J connectivity index is 2.02. The summed E-state index contributed by atoms with van der Waals surface area (Å²) in [5, 5.41) is 10.6. The van der Waals surface area contributed by atoms with E-state index in [0.717, 1.165) is 4.47 Å². The third-order valence-electron chi connectivity index (χ3n) is 3.77. The van der Waals surface area contributed by atoms with E-state index in [0.29, 0.717) is 11.6 Å². The van der Waals surface area contributed by atoms with Crippen LogP contribution in [0.25, 0.3) is 5.70 Å². The topological polar surface area (TPSA) is 52.6 Å². The molecule has 1 amide bonds. The standard InChI is InChI=1S/C17H11BrClF3N2O2/c18-12-6-4-10(5-7-12)14-9-16(26,17(20,21)22)24(23-14)15(25)11-2-1-3-13(19)8-11/h1-9,23,26H/t16-/m1/s1. The molecule has 136 valence electrons. The highest BCUT2D eigenvalue weighted by Crippen LogP contribution is 2.40. The summed E-state index contributed by atoms with van der Waals surface area (Å²) in [5.74, 6) is -1.07. The Morgan fingerprint density at radius 1 is 1.19 bits per heavy atom. The number of hydrazine groups is 1. The van der Waals surface area contributed by atoms with Gasteiger partial charge < -0.3 is 5.11 Å². The Labute approximate surface area is 160 Å². The largest absolute Gasteiger partial charge is 0.442 e. The summed E-state index contributed by atoms with van der Waals surface area (Å²) in [6.45, 7) is 0. The number of hydrogen-bond donors (Lipinski definition) is 2. The van der Waals surface area contributed by atoms with Gasteiger partial charge in [0.05, 0.1) is 5.70 Å². The number of hydrogen-bond acceptors (Lipinski definition) is 3. The predicted octanol–water partition coefficient (Wildman–Crippen LogP) is 4.35.